The fraction of sp³-hybridized carbons (Fsp3) is 0.875. The molecule has 3 unspecified atom stereocenters. The van der Waals surface area contributed by atoms with Crippen LogP contribution in [0.4, 0.5) is 0 Å². The van der Waals surface area contributed by atoms with E-state index in [-0.39, 0.29) is 23.9 Å². The Balaban J connectivity index is 1.85. The molecule has 3 fully saturated rings. The second kappa shape index (κ2) is 5.59. The molecule has 21 heavy (non-hydrogen) atoms. The van der Waals surface area contributed by atoms with Gasteiger partial charge in [-0.15, -0.1) is 0 Å². The number of nitrogens with one attached hydrogen (secondary N) is 1. The van der Waals surface area contributed by atoms with Gasteiger partial charge in [0, 0.05) is 18.6 Å². The summed E-state index contributed by atoms with van der Waals surface area (Å²) < 4.78 is 5.46. The minimum absolute atomic E-state index is 0.00210. The number of nitrogens with zero attached hydrogens (tertiary/aromatic N) is 1. The van der Waals surface area contributed by atoms with Crippen molar-refractivity contribution in [1.82, 2.24) is 10.2 Å². The van der Waals surface area contributed by atoms with Crippen molar-refractivity contribution in [3.63, 3.8) is 0 Å². The Kier molecular flexibility index (Phi) is 3.95. The zero-order chi connectivity index (χ0) is 15.0. The van der Waals surface area contributed by atoms with Gasteiger partial charge < -0.3 is 15.0 Å². The fourth-order valence-electron chi connectivity index (χ4n) is 4.14. The number of piperazine rings is 1. The Labute approximate surface area is 126 Å². The number of carbonyl (C=O) groups is 2. The first-order valence-corrected chi connectivity index (χ1v) is 8.28. The lowest BCUT2D eigenvalue weighted by atomic mass is 9.77. The van der Waals surface area contributed by atoms with Crippen LogP contribution in [0.2, 0.25) is 0 Å². The van der Waals surface area contributed by atoms with Crippen LogP contribution in [0.1, 0.15) is 52.4 Å². The molecule has 2 saturated heterocycles. The van der Waals surface area contributed by atoms with Crippen molar-refractivity contribution in [1.29, 1.82) is 0 Å². The van der Waals surface area contributed by atoms with Crippen LogP contribution in [0.25, 0.3) is 0 Å². The molecule has 0 bridgehead atoms. The molecule has 118 valence electrons. The Morgan fingerprint density at radius 1 is 1.29 bits per heavy atom. The summed E-state index contributed by atoms with van der Waals surface area (Å²) in [5.74, 6) is 0.485. The predicted octanol–water partition coefficient (Wildman–Crippen LogP) is 1.46. The Morgan fingerprint density at radius 3 is 2.62 bits per heavy atom. The molecule has 2 heterocycles. The second-order valence-corrected chi connectivity index (χ2v) is 6.88. The molecule has 1 saturated carbocycles. The smallest absolute Gasteiger partial charge is 0.249 e. The van der Waals surface area contributed by atoms with E-state index in [9.17, 15) is 9.59 Å². The van der Waals surface area contributed by atoms with Gasteiger partial charge in [-0.1, -0.05) is 19.3 Å². The van der Waals surface area contributed by atoms with Crippen LogP contribution in [-0.2, 0) is 14.3 Å². The second-order valence-electron chi connectivity index (χ2n) is 6.88. The standard InChI is InChI=1S/C16H26N2O3/c1-11(13-6-9-21-10-13)18-12(2)14(19)17-16(15(18)20)7-4-3-5-8-16/h11-13H,3-10H2,1-2H3,(H,17,19). The highest BCUT2D eigenvalue weighted by Crippen LogP contribution is 2.35. The summed E-state index contributed by atoms with van der Waals surface area (Å²) in [4.78, 5) is 27.4. The minimum Gasteiger partial charge on any atom is -0.381 e. The lowest BCUT2D eigenvalue weighted by Gasteiger charge is -2.49. The highest BCUT2D eigenvalue weighted by Gasteiger charge is 2.51. The Bertz CT molecular complexity index is 425. The maximum Gasteiger partial charge on any atom is 0.249 e. The molecule has 1 spiro atoms. The molecule has 0 aromatic carbocycles. The van der Waals surface area contributed by atoms with Crippen LogP contribution in [0, 0.1) is 5.92 Å². The van der Waals surface area contributed by atoms with E-state index in [0.29, 0.717) is 12.5 Å². The van der Waals surface area contributed by atoms with Gasteiger partial charge in [0.05, 0.1) is 6.61 Å². The normalized spacial score (nSPS) is 34.1. The van der Waals surface area contributed by atoms with Crippen molar-refractivity contribution >= 4 is 11.8 Å². The lowest BCUT2D eigenvalue weighted by Crippen LogP contribution is -2.72. The quantitative estimate of drug-likeness (QED) is 0.839. The molecule has 1 aliphatic carbocycles. The van der Waals surface area contributed by atoms with Crippen LogP contribution in [0.3, 0.4) is 0 Å². The number of ether oxygens (including phenoxy) is 1. The van der Waals surface area contributed by atoms with E-state index in [2.05, 4.69) is 12.2 Å². The van der Waals surface area contributed by atoms with Gasteiger partial charge in [0.25, 0.3) is 0 Å². The third-order valence-electron chi connectivity index (χ3n) is 5.60. The summed E-state index contributed by atoms with van der Waals surface area (Å²) in [5.41, 5.74) is -0.629. The van der Waals surface area contributed by atoms with Crippen LogP contribution in [0.5, 0.6) is 0 Å². The molecule has 3 atom stereocenters. The molecule has 0 aromatic rings. The fourth-order valence-corrected chi connectivity index (χ4v) is 4.14. The van der Waals surface area contributed by atoms with Gasteiger partial charge in [-0.05, 0) is 33.1 Å². The van der Waals surface area contributed by atoms with Crippen molar-refractivity contribution in [2.45, 2.75) is 70.0 Å². The molecule has 2 amide bonds. The van der Waals surface area contributed by atoms with Crippen LogP contribution < -0.4 is 5.32 Å². The van der Waals surface area contributed by atoms with Gasteiger partial charge in [-0.2, -0.15) is 0 Å². The first kappa shape index (κ1) is 14.8. The number of hydrogen-bond acceptors (Lipinski definition) is 3. The average Bonchev–Trinajstić information content (AvgIpc) is 3.01. The molecule has 3 aliphatic rings. The first-order chi connectivity index (χ1) is 10.1. The van der Waals surface area contributed by atoms with Crippen molar-refractivity contribution in [2.75, 3.05) is 13.2 Å². The number of rotatable bonds is 2. The molecule has 0 aromatic heterocycles. The van der Waals surface area contributed by atoms with Crippen molar-refractivity contribution in [3.05, 3.63) is 0 Å². The maximum absolute atomic E-state index is 13.1. The zero-order valence-electron chi connectivity index (χ0n) is 13.1. The third kappa shape index (κ3) is 2.45. The largest absolute Gasteiger partial charge is 0.381 e. The molecule has 2 aliphatic heterocycles. The van der Waals surface area contributed by atoms with Gasteiger partial charge in [0.2, 0.25) is 11.8 Å². The topological polar surface area (TPSA) is 58.6 Å². The van der Waals surface area contributed by atoms with E-state index < -0.39 is 5.54 Å². The number of carbonyl (C=O) groups excluding carboxylic acids is 2. The Hall–Kier alpha value is -1.10. The van der Waals surface area contributed by atoms with E-state index in [1.807, 2.05) is 11.8 Å². The first-order valence-electron chi connectivity index (χ1n) is 8.28. The van der Waals surface area contributed by atoms with Gasteiger partial charge >= 0.3 is 0 Å². The minimum atomic E-state index is -0.629. The molecule has 0 radical (unpaired) electrons. The monoisotopic (exact) mass is 294 g/mol. The van der Waals surface area contributed by atoms with Crippen molar-refractivity contribution in [3.8, 4) is 0 Å². The van der Waals surface area contributed by atoms with Crippen molar-refractivity contribution in [2.24, 2.45) is 5.92 Å². The zero-order valence-corrected chi connectivity index (χ0v) is 13.1. The van der Waals surface area contributed by atoms with Crippen LogP contribution in [0.15, 0.2) is 0 Å². The van der Waals surface area contributed by atoms with E-state index in [1.165, 1.54) is 0 Å². The molecule has 3 rings (SSSR count). The van der Waals surface area contributed by atoms with E-state index in [4.69, 9.17) is 4.74 Å². The predicted molar refractivity (Wildman–Crippen MR) is 78.7 cm³/mol. The molecule has 1 N–H and O–H groups in total. The van der Waals surface area contributed by atoms with Gasteiger partial charge in [-0.25, -0.2) is 0 Å². The van der Waals surface area contributed by atoms with Gasteiger partial charge in [-0.3, -0.25) is 9.59 Å². The summed E-state index contributed by atoms with van der Waals surface area (Å²) in [6.07, 6.45) is 5.76. The average molecular weight is 294 g/mol. The third-order valence-corrected chi connectivity index (χ3v) is 5.60. The van der Waals surface area contributed by atoms with E-state index in [1.54, 1.807) is 0 Å². The number of hydrogen-bond donors (Lipinski definition) is 1. The van der Waals surface area contributed by atoms with Gasteiger partial charge in [0.1, 0.15) is 11.6 Å². The summed E-state index contributed by atoms with van der Waals surface area (Å²) in [5, 5.41) is 3.05. The summed E-state index contributed by atoms with van der Waals surface area (Å²) in [7, 11) is 0. The van der Waals surface area contributed by atoms with E-state index >= 15 is 0 Å². The van der Waals surface area contributed by atoms with Crippen LogP contribution in [-0.4, -0.2) is 47.6 Å². The molecular weight excluding hydrogens is 268 g/mol. The molecule has 5 nitrogen and oxygen atoms in total. The van der Waals surface area contributed by atoms with Crippen molar-refractivity contribution < 1.29 is 14.3 Å². The highest BCUT2D eigenvalue weighted by atomic mass is 16.5. The Morgan fingerprint density at radius 2 is 2.00 bits per heavy atom. The summed E-state index contributed by atoms with van der Waals surface area (Å²) in [6.45, 7) is 5.38. The summed E-state index contributed by atoms with van der Waals surface area (Å²) in [6, 6.07) is -0.305. The van der Waals surface area contributed by atoms with E-state index in [0.717, 1.165) is 45.1 Å². The van der Waals surface area contributed by atoms with Crippen LogP contribution >= 0.6 is 0 Å². The molecular formula is C16H26N2O3. The lowest BCUT2D eigenvalue weighted by molar-refractivity contribution is -0.159. The number of amides is 2. The summed E-state index contributed by atoms with van der Waals surface area (Å²) >= 11 is 0. The SMILES string of the molecule is CC1C(=O)NC2(CCCCC2)C(=O)N1C(C)C1CCOC1. The maximum atomic E-state index is 13.1. The van der Waals surface area contributed by atoms with Gasteiger partial charge in [0.15, 0.2) is 0 Å². The molecule has 5 heteroatoms. The highest BCUT2D eigenvalue weighted by molar-refractivity contribution is 5.99.